The Morgan fingerprint density at radius 1 is 1.07 bits per heavy atom. The van der Waals surface area contributed by atoms with Gasteiger partial charge in [0.05, 0.1) is 0 Å². The molecule has 7 nitrogen and oxygen atoms in total. The first-order valence-corrected chi connectivity index (χ1v) is 9.30. The van der Waals surface area contributed by atoms with Gasteiger partial charge in [0, 0.05) is 18.8 Å². The predicted octanol–water partition coefficient (Wildman–Crippen LogP) is 1.91. The SMILES string of the molecule is CC(C)CC(CC(=O)NO)C(=O)NC(Cc1ccc2ccccc2c1)C(N)=O. The number of nitrogens with one attached hydrogen (secondary N) is 2. The maximum Gasteiger partial charge on any atom is 0.244 e. The monoisotopic (exact) mass is 385 g/mol. The third-order valence-electron chi connectivity index (χ3n) is 4.60. The van der Waals surface area contributed by atoms with Crippen molar-refractivity contribution in [3.8, 4) is 0 Å². The minimum absolute atomic E-state index is 0.162. The molecule has 150 valence electrons. The van der Waals surface area contributed by atoms with Crippen LogP contribution in [0.1, 0.15) is 32.3 Å². The molecule has 0 fully saturated rings. The molecule has 2 rings (SSSR count). The van der Waals surface area contributed by atoms with E-state index < -0.39 is 29.7 Å². The first kappa shape index (κ1) is 21.4. The van der Waals surface area contributed by atoms with Crippen LogP contribution in [-0.2, 0) is 20.8 Å². The van der Waals surface area contributed by atoms with Gasteiger partial charge >= 0.3 is 0 Å². The molecule has 28 heavy (non-hydrogen) atoms. The fraction of sp³-hybridized carbons (Fsp3) is 0.381. The van der Waals surface area contributed by atoms with Crippen LogP contribution in [0.5, 0.6) is 0 Å². The molecule has 7 heteroatoms. The van der Waals surface area contributed by atoms with Crippen molar-refractivity contribution in [2.24, 2.45) is 17.6 Å². The molecule has 0 aromatic heterocycles. The number of benzene rings is 2. The van der Waals surface area contributed by atoms with E-state index in [1.165, 1.54) is 0 Å². The summed E-state index contributed by atoms with van der Waals surface area (Å²) in [5.41, 5.74) is 7.92. The van der Waals surface area contributed by atoms with E-state index in [4.69, 9.17) is 10.9 Å². The zero-order chi connectivity index (χ0) is 20.7. The molecule has 0 saturated carbocycles. The molecule has 0 aliphatic rings. The maximum absolute atomic E-state index is 12.7. The normalized spacial score (nSPS) is 13.1. The highest BCUT2D eigenvalue weighted by molar-refractivity contribution is 5.90. The van der Waals surface area contributed by atoms with E-state index in [1.807, 2.05) is 56.3 Å². The van der Waals surface area contributed by atoms with Gasteiger partial charge in [-0.15, -0.1) is 0 Å². The lowest BCUT2D eigenvalue weighted by atomic mass is 9.92. The summed E-state index contributed by atoms with van der Waals surface area (Å²) >= 11 is 0. The summed E-state index contributed by atoms with van der Waals surface area (Å²) in [4.78, 5) is 36.1. The van der Waals surface area contributed by atoms with Crippen molar-refractivity contribution in [2.75, 3.05) is 0 Å². The van der Waals surface area contributed by atoms with Gasteiger partial charge in [-0.2, -0.15) is 0 Å². The number of rotatable bonds is 9. The number of primary amides is 1. The number of fused-ring (bicyclic) bond motifs is 1. The first-order valence-electron chi connectivity index (χ1n) is 9.30. The third-order valence-corrected chi connectivity index (χ3v) is 4.60. The molecule has 0 bridgehead atoms. The highest BCUT2D eigenvalue weighted by atomic mass is 16.5. The van der Waals surface area contributed by atoms with Gasteiger partial charge in [-0.05, 0) is 28.7 Å². The highest BCUT2D eigenvalue weighted by Crippen LogP contribution is 2.18. The van der Waals surface area contributed by atoms with E-state index in [0.29, 0.717) is 6.42 Å². The standard InChI is InChI=1S/C21H27N3O4/c1-13(2)9-17(12-19(25)24-28)21(27)23-18(20(22)26)11-14-7-8-15-5-3-4-6-16(15)10-14/h3-8,10,13,17-18,28H,9,11-12H2,1-2H3,(H2,22,26)(H,23,27)(H,24,25). The number of hydrogen-bond donors (Lipinski definition) is 4. The van der Waals surface area contributed by atoms with Crippen molar-refractivity contribution in [2.45, 2.75) is 39.2 Å². The van der Waals surface area contributed by atoms with Crippen LogP contribution < -0.4 is 16.5 Å². The Kier molecular flexibility index (Phi) is 7.52. The molecule has 0 aliphatic heterocycles. The van der Waals surface area contributed by atoms with Crippen molar-refractivity contribution in [1.82, 2.24) is 10.8 Å². The molecular weight excluding hydrogens is 358 g/mol. The molecule has 0 saturated heterocycles. The molecule has 2 atom stereocenters. The molecule has 0 radical (unpaired) electrons. The van der Waals surface area contributed by atoms with Gasteiger partial charge in [0.1, 0.15) is 6.04 Å². The minimum atomic E-state index is -0.888. The largest absolute Gasteiger partial charge is 0.368 e. The fourth-order valence-corrected chi connectivity index (χ4v) is 3.24. The summed E-state index contributed by atoms with van der Waals surface area (Å²) in [7, 11) is 0. The second kappa shape index (κ2) is 9.85. The van der Waals surface area contributed by atoms with Crippen LogP contribution in [0.4, 0.5) is 0 Å². The third kappa shape index (κ3) is 6.06. The van der Waals surface area contributed by atoms with E-state index in [-0.39, 0.29) is 18.8 Å². The molecule has 2 aromatic carbocycles. The Morgan fingerprint density at radius 2 is 1.75 bits per heavy atom. The second-order valence-corrected chi connectivity index (χ2v) is 7.41. The average Bonchev–Trinajstić information content (AvgIpc) is 2.66. The Hall–Kier alpha value is -2.93. The second-order valence-electron chi connectivity index (χ2n) is 7.41. The van der Waals surface area contributed by atoms with Crippen molar-refractivity contribution < 1.29 is 19.6 Å². The summed E-state index contributed by atoms with van der Waals surface area (Å²) in [6, 6.07) is 12.8. The zero-order valence-corrected chi connectivity index (χ0v) is 16.1. The number of carbonyl (C=O) groups is 3. The highest BCUT2D eigenvalue weighted by Gasteiger charge is 2.27. The molecule has 2 aromatic rings. The van der Waals surface area contributed by atoms with Gasteiger partial charge in [-0.25, -0.2) is 5.48 Å². The van der Waals surface area contributed by atoms with Gasteiger partial charge in [0.25, 0.3) is 0 Å². The van der Waals surface area contributed by atoms with Crippen molar-refractivity contribution in [3.63, 3.8) is 0 Å². The number of nitrogens with two attached hydrogens (primary N) is 1. The zero-order valence-electron chi connectivity index (χ0n) is 16.1. The number of amides is 3. The minimum Gasteiger partial charge on any atom is -0.368 e. The topological polar surface area (TPSA) is 122 Å². The van der Waals surface area contributed by atoms with Gasteiger partial charge in [0.15, 0.2) is 0 Å². The summed E-state index contributed by atoms with van der Waals surface area (Å²) in [6.07, 6.45) is 0.537. The quantitative estimate of drug-likeness (QED) is 0.389. The molecule has 5 N–H and O–H groups in total. The summed E-state index contributed by atoms with van der Waals surface area (Å²) < 4.78 is 0. The van der Waals surface area contributed by atoms with E-state index in [0.717, 1.165) is 16.3 Å². The molecular formula is C21H27N3O4. The lowest BCUT2D eigenvalue weighted by Gasteiger charge is -2.22. The van der Waals surface area contributed by atoms with Crippen LogP contribution in [0.25, 0.3) is 10.8 Å². The van der Waals surface area contributed by atoms with E-state index in [1.54, 1.807) is 5.48 Å². The van der Waals surface area contributed by atoms with Gasteiger partial charge < -0.3 is 11.1 Å². The maximum atomic E-state index is 12.7. The van der Waals surface area contributed by atoms with Gasteiger partial charge in [0.2, 0.25) is 17.7 Å². The molecule has 2 unspecified atom stereocenters. The summed E-state index contributed by atoms with van der Waals surface area (Å²) in [5, 5.41) is 13.5. The van der Waals surface area contributed by atoms with E-state index >= 15 is 0 Å². The number of carbonyl (C=O) groups excluding carboxylic acids is 3. The lowest BCUT2D eigenvalue weighted by Crippen LogP contribution is -2.48. The Morgan fingerprint density at radius 3 is 2.36 bits per heavy atom. The Balaban J connectivity index is 2.13. The van der Waals surface area contributed by atoms with Crippen molar-refractivity contribution >= 4 is 28.5 Å². The van der Waals surface area contributed by atoms with Gasteiger partial charge in [-0.3, -0.25) is 19.6 Å². The molecule has 0 spiro atoms. The first-order chi connectivity index (χ1) is 13.3. The predicted molar refractivity (Wildman–Crippen MR) is 106 cm³/mol. The van der Waals surface area contributed by atoms with Gasteiger partial charge in [-0.1, -0.05) is 56.3 Å². The smallest absolute Gasteiger partial charge is 0.244 e. The van der Waals surface area contributed by atoms with Crippen LogP contribution in [0.3, 0.4) is 0 Å². The average molecular weight is 385 g/mol. The lowest BCUT2D eigenvalue weighted by molar-refractivity contribution is -0.136. The van der Waals surface area contributed by atoms with Crippen LogP contribution in [-0.4, -0.2) is 29.0 Å². The van der Waals surface area contributed by atoms with E-state index in [9.17, 15) is 14.4 Å². The number of hydrogen-bond acceptors (Lipinski definition) is 4. The summed E-state index contributed by atoms with van der Waals surface area (Å²) in [6.45, 7) is 3.86. The van der Waals surface area contributed by atoms with Crippen LogP contribution in [0, 0.1) is 11.8 Å². The molecule has 0 heterocycles. The Bertz CT molecular complexity index is 850. The van der Waals surface area contributed by atoms with Crippen LogP contribution >= 0.6 is 0 Å². The fourth-order valence-electron chi connectivity index (χ4n) is 3.24. The molecule has 0 aliphatic carbocycles. The van der Waals surface area contributed by atoms with Crippen LogP contribution in [0.15, 0.2) is 42.5 Å². The summed E-state index contributed by atoms with van der Waals surface area (Å²) in [5.74, 6) is -2.22. The van der Waals surface area contributed by atoms with Crippen LogP contribution in [0.2, 0.25) is 0 Å². The Labute approximate surface area is 164 Å². The molecule has 3 amide bonds. The van der Waals surface area contributed by atoms with Crippen molar-refractivity contribution in [3.05, 3.63) is 48.0 Å². The van der Waals surface area contributed by atoms with Crippen molar-refractivity contribution in [1.29, 1.82) is 0 Å². The number of hydroxylamine groups is 1. The van der Waals surface area contributed by atoms with E-state index in [2.05, 4.69) is 5.32 Å².